The fraction of sp³-hybridized carbons (Fsp3) is 0.600. The van der Waals surface area contributed by atoms with Crippen molar-refractivity contribution in [2.75, 3.05) is 39.8 Å². The lowest BCUT2D eigenvalue weighted by atomic mass is 10.2. The Kier molecular flexibility index (Phi) is 8.34. The van der Waals surface area contributed by atoms with Crippen molar-refractivity contribution < 1.29 is 0 Å². The minimum atomic E-state index is 0. The summed E-state index contributed by atoms with van der Waals surface area (Å²) >= 11 is 0. The predicted octanol–water partition coefficient (Wildman–Crippen LogP) is 2.79. The smallest absolute Gasteiger partial charge is 0.193 e. The molecule has 3 heterocycles. The average Bonchev–Trinajstić information content (AvgIpc) is 3.28. The molecular formula is C20H33IN6. The lowest BCUT2D eigenvalue weighted by Crippen LogP contribution is -2.43. The largest absolute Gasteiger partial charge is 0.356 e. The molecule has 2 aromatic rings. The number of rotatable bonds is 6. The average molecular weight is 484 g/mol. The number of likely N-dealkylation sites (tertiary alicyclic amines) is 1. The van der Waals surface area contributed by atoms with Crippen LogP contribution in [-0.4, -0.2) is 71.0 Å². The standard InChI is InChI=1S/C20H32N6.HI/c1-5-24(6-2)18-10-13-26(15-18)20(21-4)22-11-9-17-14-25-12-7-8-16(3)19(25)23-17;/h7-8,12,14,18H,5-6,9-11,13,15H2,1-4H3,(H,21,22);1H. The van der Waals surface area contributed by atoms with Crippen LogP contribution in [0.4, 0.5) is 0 Å². The van der Waals surface area contributed by atoms with Gasteiger partial charge in [0.2, 0.25) is 0 Å². The van der Waals surface area contributed by atoms with E-state index in [1.165, 1.54) is 12.0 Å². The number of likely N-dealkylation sites (N-methyl/N-ethyl adjacent to an activating group) is 1. The normalized spacial score (nSPS) is 17.6. The number of hydrogen-bond acceptors (Lipinski definition) is 3. The molecule has 0 saturated carbocycles. The van der Waals surface area contributed by atoms with Gasteiger partial charge in [-0.05, 0) is 38.1 Å². The lowest BCUT2D eigenvalue weighted by molar-refractivity contribution is 0.223. The molecular weight excluding hydrogens is 451 g/mol. The number of imidazole rings is 1. The SMILES string of the molecule is CCN(CC)C1CCN(C(=NC)NCCc2cn3cccc(C)c3n2)C1.I. The molecule has 7 heteroatoms. The number of guanidine groups is 1. The molecule has 1 atom stereocenters. The van der Waals surface area contributed by atoms with Crippen molar-refractivity contribution in [3.8, 4) is 0 Å². The summed E-state index contributed by atoms with van der Waals surface area (Å²) < 4.78 is 2.11. The molecule has 27 heavy (non-hydrogen) atoms. The molecule has 2 aromatic heterocycles. The zero-order chi connectivity index (χ0) is 18.5. The lowest BCUT2D eigenvalue weighted by Gasteiger charge is -2.27. The first-order valence-corrected chi connectivity index (χ1v) is 9.79. The molecule has 0 bridgehead atoms. The Labute approximate surface area is 180 Å². The van der Waals surface area contributed by atoms with Crippen molar-refractivity contribution in [2.24, 2.45) is 4.99 Å². The van der Waals surface area contributed by atoms with Crippen LogP contribution < -0.4 is 5.32 Å². The van der Waals surface area contributed by atoms with Gasteiger partial charge in [-0.3, -0.25) is 9.89 Å². The molecule has 1 fully saturated rings. The molecule has 1 aliphatic rings. The Morgan fingerprint density at radius 2 is 2.15 bits per heavy atom. The maximum atomic E-state index is 4.75. The van der Waals surface area contributed by atoms with Crippen LogP contribution in [0.5, 0.6) is 0 Å². The van der Waals surface area contributed by atoms with Crippen molar-refractivity contribution >= 4 is 35.6 Å². The van der Waals surface area contributed by atoms with Crippen molar-refractivity contribution in [3.05, 3.63) is 35.8 Å². The molecule has 0 aliphatic carbocycles. The highest BCUT2D eigenvalue weighted by molar-refractivity contribution is 14.0. The van der Waals surface area contributed by atoms with Gasteiger partial charge in [0.15, 0.2) is 5.96 Å². The molecule has 0 aromatic carbocycles. The van der Waals surface area contributed by atoms with Crippen LogP contribution in [0.1, 0.15) is 31.5 Å². The summed E-state index contributed by atoms with van der Waals surface area (Å²) in [6.45, 7) is 11.8. The van der Waals surface area contributed by atoms with Crippen LogP contribution in [0.3, 0.4) is 0 Å². The fourth-order valence-electron chi connectivity index (χ4n) is 3.93. The highest BCUT2D eigenvalue weighted by atomic mass is 127. The first-order valence-electron chi connectivity index (χ1n) is 9.79. The molecule has 1 aliphatic heterocycles. The second-order valence-electron chi connectivity index (χ2n) is 6.99. The third kappa shape index (κ3) is 5.13. The van der Waals surface area contributed by atoms with Gasteiger partial charge >= 0.3 is 0 Å². The minimum Gasteiger partial charge on any atom is -0.356 e. The quantitative estimate of drug-likeness (QED) is 0.389. The van der Waals surface area contributed by atoms with E-state index in [0.29, 0.717) is 6.04 Å². The van der Waals surface area contributed by atoms with Gasteiger partial charge in [0.05, 0.1) is 5.69 Å². The van der Waals surface area contributed by atoms with Crippen LogP contribution in [0.25, 0.3) is 5.65 Å². The van der Waals surface area contributed by atoms with Gasteiger partial charge < -0.3 is 14.6 Å². The Balaban J connectivity index is 0.00000261. The molecule has 150 valence electrons. The highest BCUT2D eigenvalue weighted by Gasteiger charge is 2.27. The minimum absolute atomic E-state index is 0. The topological polar surface area (TPSA) is 48.2 Å². The zero-order valence-electron chi connectivity index (χ0n) is 17.0. The van der Waals surface area contributed by atoms with Crippen molar-refractivity contribution in [1.82, 2.24) is 24.5 Å². The van der Waals surface area contributed by atoms with Gasteiger partial charge in [0, 0.05) is 51.5 Å². The second kappa shape index (κ2) is 10.3. The number of aromatic nitrogens is 2. The summed E-state index contributed by atoms with van der Waals surface area (Å²) in [5, 5.41) is 3.52. The Morgan fingerprint density at radius 3 is 2.81 bits per heavy atom. The molecule has 1 N–H and O–H groups in total. The van der Waals surface area contributed by atoms with Crippen LogP contribution in [0.2, 0.25) is 0 Å². The third-order valence-electron chi connectivity index (χ3n) is 5.40. The molecule has 0 amide bonds. The van der Waals surface area contributed by atoms with E-state index in [-0.39, 0.29) is 24.0 Å². The first-order chi connectivity index (χ1) is 12.7. The summed E-state index contributed by atoms with van der Waals surface area (Å²) in [6, 6.07) is 4.81. The summed E-state index contributed by atoms with van der Waals surface area (Å²) in [5.74, 6) is 1.01. The summed E-state index contributed by atoms with van der Waals surface area (Å²) in [4.78, 5) is 14.2. The Hall–Kier alpha value is -1.35. The third-order valence-corrected chi connectivity index (χ3v) is 5.40. The number of nitrogens with zero attached hydrogens (tertiary/aromatic N) is 5. The molecule has 1 unspecified atom stereocenters. The van der Waals surface area contributed by atoms with Crippen LogP contribution in [-0.2, 0) is 6.42 Å². The van der Waals surface area contributed by atoms with E-state index in [0.717, 1.165) is 56.4 Å². The molecule has 3 rings (SSSR count). The van der Waals surface area contributed by atoms with Gasteiger partial charge in [-0.2, -0.15) is 0 Å². The summed E-state index contributed by atoms with van der Waals surface area (Å²) in [6.07, 6.45) is 6.29. The van der Waals surface area contributed by atoms with Crippen LogP contribution in [0.15, 0.2) is 29.5 Å². The highest BCUT2D eigenvalue weighted by Crippen LogP contribution is 2.15. The Bertz CT molecular complexity index is 752. The number of aliphatic imine (C=N–C) groups is 1. The number of pyridine rings is 1. The van der Waals surface area contributed by atoms with Crippen molar-refractivity contribution in [2.45, 2.75) is 39.7 Å². The van der Waals surface area contributed by atoms with E-state index >= 15 is 0 Å². The van der Waals surface area contributed by atoms with E-state index in [1.54, 1.807) is 0 Å². The maximum absolute atomic E-state index is 4.75. The predicted molar refractivity (Wildman–Crippen MR) is 123 cm³/mol. The number of fused-ring (bicyclic) bond motifs is 1. The second-order valence-corrected chi connectivity index (χ2v) is 6.99. The van der Waals surface area contributed by atoms with E-state index in [4.69, 9.17) is 4.98 Å². The monoisotopic (exact) mass is 484 g/mol. The number of hydrogen-bond donors (Lipinski definition) is 1. The number of nitrogens with one attached hydrogen (secondary N) is 1. The zero-order valence-corrected chi connectivity index (χ0v) is 19.3. The van der Waals surface area contributed by atoms with Crippen molar-refractivity contribution in [1.29, 1.82) is 0 Å². The maximum Gasteiger partial charge on any atom is 0.193 e. The number of halogens is 1. The van der Waals surface area contributed by atoms with Gasteiger partial charge in [-0.25, -0.2) is 4.98 Å². The molecule has 0 spiro atoms. The summed E-state index contributed by atoms with van der Waals surface area (Å²) in [5.41, 5.74) is 3.38. The molecule has 6 nitrogen and oxygen atoms in total. The fourth-order valence-corrected chi connectivity index (χ4v) is 3.93. The van der Waals surface area contributed by atoms with E-state index in [1.807, 2.05) is 7.05 Å². The first kappa shape index (κ1) is 21.9. The van der Waals surface area contributed by atoms with Gasteiger partial charge in [-0.1, -0.05) is 19.9 Å². The number of aryl methyl sites for hydroxylation is 1. The van der Waals surface area contributed by atoms with E-state index in [2.05, 4.69) is 69.8 Å². The van der Waals surface area contributed by atoms with Crippen molar-refractivity contribution in [3.63, 3.8) is 0 Å². The van der Waals surface area contributed by atoms with Gasteiger partial charge in [-0.15, -0.1) is 24.0 Å². The van der Waals surface area contributed by atoms with E-state index < -0.39 is 0 Å². The van der Waals surface area contributed by atoms with E-state index in [9.17, 15) is 0 Å². The van der Waals surface area contributed by atoms with Gasteiger partial charge in [0.25, 0.3) is 0 Å². The van der Waals surface area contributed by atoms with Gasteiger partial charge in [0.1, 0.15) is 5.65 Å². The molecule has 1 saturated heterocycles. The van der Waals surface area contributed by atoms with Crippen LogP contribution >= 0.6 is 24.0 Å². The summed E-state index contributed by atoms with van der Waals surface area (Å²) in [7, 11) is 1.88. The van der Waals surface area contributed by atoms with Crippen LogP contribution in [0, 0.1) is 6.92 Å². The Morgan fingerprint density at radius 1 is 1.37 bits per heavy atom. The molecule has 0 radical (unpaired) electrons.